The summed E-state index contributed by atoms with van der Waals surface area (Å²) in [6.07, 6.45) is 0. The van der Waals surface area contributed by atoms with Crippen LogP contribution in [0.3, 0.4) is 0 Å². The van der Waals surface area contributed by atoms with Crippen molar-refractivity contribution in [1.29, 1.82) is 0 Å². The van der Waals surface area contributed by atoms with Crippen LogP contribution in [0, 0.1) is 13.8 Å². The van der Waals surface area contributed by atoms with E-state index < -0.39 is 0 Å². The van der Waals surface area contributed by atoms with Crippen molar-refractivity contribution in [3.8, 4) is 11.4 Å². The summed E-state index contributed by atoms with van der Waals surface area (Å²) in [5.41, 5.74) is 3.16. The molecule has 0 atom stereocenters. The number of rotatable bonds is 2. The van der Waals surface area contributed by atoms with Gasteiger partial charge < -0.3 is 5.32 Å². The standard InChI is InChI=1S/C13H15N3/c1-9-10(2)15-13(16-12(9)14-3)11-7-5-4-6-8-11/h4-8H,1-3H3,(H,14,15,16). The van der Waals surface area contributed by atoms with E-state index in [9.17, 15) is 0 Å². The minimum Gasteiger partial charge on any atom is -0.373 e. The first-order valence-corrected chi connectivity index (χ1v) is 5.31. The van der Waals surface area contributed by atoms with Crippen LogP contribution in [0.15, 0.2) is 30.3 Å². The summed E-state index contributed by atoms with van der Waals surface area (Å²) in [4.78, 5) is 9.00. The molecule has 0 fully saturated rings. The van der Waals surface area contributed by atoms with Gasteiger partial charge in [0.1, 0.15) is 5.82 Å². The second-order valence-electron chi connectivity index (χ2n) is 3.72. The Balaban J connectivity index is 2.55. The highest BCUT2D eigenvalue weighted by molar-refractivity contribution is 5.59. The summed E-state index contributed by atoms with van der Waals surface area (Å²) in [6.45, 7) is 4.03. The maximum Gasteiger partial charge on any atom is 0.161 e. The number of benzene rings is 1. The Hall–Kier alpha value is -1.90. The molecule has 3 heteroatoms. The van der Waals surface area contributed by atoms with Crippen molar-refractivity contribution in [2.24, 2.45) is 0 Å². The molecular weight excluding hydrogens is 198 g/mol. The fourth-order valence-electron chi connectivity index (χ4n) is 1.59. The smallest absolute Gasteiger partial charge is 0.161 e. The fourth-order valence-corrected chi connectivity index (χ4v) is 1.59. The maximum atomic E-state index is 4.50. The maximum absolute atomic E-state index is 4.50. The summed E-state index contributed by atoms with van der Waals surface area (Å²) >= 11 is 0. The van der Waals surface area contributed by atoms with Gasteiger partial charge in [-0.1, -0.05) is 30.3 Å². The molecule has 1 N–H and O–H groups in total. The third-order valence-electron chi connectivity index (χ3n) is 2.66. The highest BCUT2D eigenvalue weighted by atomic mass is 15.0. The number of anilines is 1. The van der Waals surface area contributed by atoms with Crippen LogP contribution in [0.2, 0.25) is 0 Å². The molecule has 0 saturated carbocycles. The molecule has 0 radical (unpaired) electrons. The van der Waals surface area contributed by atoms with Crippen LogP contribution < -0.4 is 5.32 Å². The number of hydrogen-bond acceptors (Lipinski definition) is 3. The van der Waals surface area contributed by atoms with Gasteiger partial charge in [-0.2, -0.15) is 0 Å². The van der Waals surface area contributed by atoms with E-state index in [0.717, 1.165) is 28.5 Å². The van der Waals surface area contributed by atoms with Gasteiger partial charge >= 0.3 is 0 Å². The first-order valence-electron chi connectivity index (χ1n) is 5.31. The van der Waals surface area contributed by atoms with Crippen LogP contribution >= 0.6 is 0 Å². The number of hydrogen-bond donors (Lipinski definition) is 1. The minimum atomic E-state index is 0.771. The third-order valence-corrected chi connectivity index (χ3v) is 2.66. The molecule has 0 unspecified atom stereocenters. The van der Waals surface area contributed by atoms with Crippen LogP contribution in [0.25, 0.3) is 11.4 Å². The second-order valence-corrected chi connectivity index (χ2v) is 3.72. The Bertz CT molecular complexity index is 492. The van der Waals surface area contributed by atoms with Crippen LogP contribution in [0.5, 0.6) is 0 Å². The number of aryl methyl sites for hydroxylation is 1. The SMILES string of the molecule is CNc1nc(-c2ccccc2)nc(C)c1C. The van der Waals surface area contributed by atoms with E-state index in [1.54, 1.807) is 0 Å². The molecule has 0 spiro atoms. The van der Waals surface area contributed by atoms with Gasteiger partial charge in [0.05, 0.1) is 0 Å². The Morgan fingerprint density at radius 2 is 1.69 bits per heavy atom. The Labute approximate surface area is 95.6 Å². The average molecular weight is 213 g/mol. The van der Waals surface area contributed by atoms with E-state index in [2.05, 4.69) is 15.3 Å². The zero-order valence-electron chi connectivity index (χ0n) is 9.78. The number of nitrogens with zero attached hydrogens (tertiary/aromatic N) is 2. The average Bonchev–Trinajstić information content (AvgIpc) is 2.33. The van der Waals surface area contributed by atoms with Gasteiger partial charge in [0, 0.05) is 23.9 Å². The van der Waals surface area contributed by atoms with E-state index in [1.165, 1.54) is 0 Å². The van der Waals surface area contributed by atoms with Crippen molar-refractivity contribution in [2.45, 2.75) is 13.8 Å². The fraction of sp³-hybridized carbons (Fsp3) is 0.231. The summed E-state index contributed by atoms with van der Waals surface area (Å²) in [5.74, 6) is 1.67. The molecule has 2 aromatic rings. The van der Waals surface area contributed by atoms with Gasteiger partial charge in [-0.05, 0) is 13.8 Å². The molecule has 16 heavy (non-hydrogen) atoms. The topological polar surface area (TPSA) is 37.8 Å². The van der Waals surface area contributed by atoms with E-state index in [1.807, 2.05) is 51.2 Å². The molecule has 0 aliphatic rings. The van der Waals surface area contributed by atoms with Gasteiger partial charge in [0.2, 0.25) is 0 Å². The molecule has 1 aromatic heterocycles. The Morgan fingerprint density at radius 3 is 2.31 bits per heavy atom. The van der Waals surface area contributed by atoms with E-state index >= 15 is 0 Å². The van der Waals surface area contributed by atoms with Gasteiger partial charge in [-0.3, -0.25) is 0 Å². The third kappa shape index (κ3) is 1.89. The van der Waals surface area contributed by atoms with Crippen LogP contribution in [0.1, 0.15) is 11.3 Å². The predicted octanol–water partition coefficient (Wildman–Crippen LogP) is 2.80. The summed E-state index contributed by atoms with van der Waals surface area (Å²) < 4.78 is 0. The van der Waals surface area contributed by atoms with Gasteiger partial charge in [-0.25, -0.2) is 9.97 Å². The lowest BCUT2D eigenvalue weighted by molar-refractivity contribution is 1.07. The lowest BCUT2D eigenvalue weighted by Crippen LogP contribution is -2.02. The van der Waals surface area contributed by atoms with E-state index in [0.29, 0.717) is 0 Å². The Kier molecular flexibility index (Phi) is 2.86. The lowest BCUT2D eigenvalue weighted by Gasteiger charge is -2.09. The predicted molar refractivity (Wildman–Crippen MR) is 66.5 cm³/mol. The molecule has 0 aliphatic carbocycles. The van der Waals surface area contributed by atoms with Crippen molar-refractivity contribution < 1.29 is 0 Å². The molecule has 0 amide bonds. The van der Waals surface area contributed by atoms with Crippen molar-refractivity contribution in [1.82, 2.24) is 9.97 Å². The monoisotopic (exact) mass is 213 g/mol. The second kappa shape index (κ2) is 4.31. The highest BCUT2D eigenvalue weighted by Gasteiger charge is 2.07. The van der Waals surface area contributed by atoms with Crippen LogP contribution in [-0.4, -0.2) is 17.0 Å². The first kappa shape index (κ1) is 10.6. The normalized spacial score (nSPS) is 10.2. The largest absolute Gasteiger partial charge is 0.373 e. The first-order chi connectivity index (χ1) is 7.72. The van der Waals surface area contributed by atoms with Crippen LogP contribution in [0.4, 0.5) is 5.82 Å². The van der Waals surface area contributed by atoms with Crippen molar-refractivity contribution in [3.05, 3.63) is 41.6 Å². The van der Waals surface area contributed by atoms with E-state index in [-0.39, 0.29) is 0 Å². The Morgan fingerprint density at radius 1 is 1.00 bits per heavy atom. The summed E-state index contributed by atoms with van der Waals surface area (Å²) in [7, 11) is 1.88. The molecule has 0 aliphatic heterocycles. The lowest BCUT2D eigenvalue weighted by atomic mass is 10.2. The molecule has 3 nitrogen and oxygen atoms in total. The number of nitrogens with one attached hydrogen (secondary N) is 1. The van der Waals surface area contributed by atoms with Crippen LogP contribution in [-0.2, 0) is 0 Å². The molecule has 1 aromatic carbocycles. The molecule has 0 saturated heterocycles. The molecule has 82 valence electrons. The number of aromatic nitrogens is 2. The molecule has 2 rings (SSSR count). The molecular formula is C13H15N3. The van der Waals surface area contributed by atoms with Crippen molar-refractivity contribution >= 4 is 5.82 Å². The van der Waals surface area contributed by atoms with E-state index in [4.69, 9.17) is 0 Å². The minimum absolute atomic E-state index is 0.771. The summed E-state index contributed by atoms with van der Waals surface area (Å²) in [6, 6.07) is 10.0. The van der Waals surface area contributed by atoms with Crippen molar-refractivity contribution in [2.75, 3.05) is 12.4 Å². The zero-order valence-corrected chi connectivity index (χ0v) is 9.78. The zero-order chi connectivity index (χ0) is 11.5. The van der Waals surface area contributed by atoms with Gasteiger partial charge in [-0.15, -0.1) is 0 Å². The molecule has 0 bridgehead atoms. The van der Waals surface area contributed by atoms with Crippen molar-refractivity contribution in [3.63, 3.8) is 0 Å². The highest BCUT2D eigenvalue weighted by Crippen LogP contribution is 2.20. The quantitative estimate of drug-likeness (QED) is 0.833. The van der Waals surface area contributed by atoms with Gasteiger partial charge in [0.15, 0.2) is 5.82 Å². The van der Waals surface area contributed by atoms with Gasteiger partial charge in [0.25, 0.3) is 0 Å². The molecule has 1 heterocycles. The summed E-state index contributed by atoms with van der Waals surface area (Å²) in [5, 5.41) is 3.10.